The average molecular weight is 282 g/mol. The van der Waals surface area contributed by atoms with Crippen LogP contribution in [0.3, 0.4) is 0 Å². The lowest BCUT2D eigenvalue weighted by atomic mass is 10.2. The highest BCUT2D eigenvalue weighted by molar-refractivity contribution is 7.98. The number of hydrogen-bond acceptors (Lipinski definition) is 3. The van der Waals surface area contributed by atoms with Crippen LogP contribution in [0.5, 0.6) is 0 Å². The molecule has 0 bridgehead atoms. The Hall–Kier alpha value is -1.52. The quantitative estimate of drug-likeness (QED) is 0.688. The van der Waals surface area contributed by atoms with Crippen molar-refractivity contribution in [2.24, 2.45) is 0 Å². The molecule has 0 aliphatic carbocycles. The molecular formula is C13H12ClNO2S. The third-order valence-corrected chi connectivity index (χ3v) is 3.17. The first-order valence-corrected chi connectivity index (χ1v) is 6.48. The largest absolute Gasteiger partial charge is 0.483 e. The van der Waals surface area contributed by atoms with Crippen LogP contribution in [0.1, 0.15) is 5.56 Å². The zero-order valence-electron chi connectivity index (χ0n) is 9.49. The third-order valence-electron chi connectivity index (χ3n) is 1.93. The van der Waals surface area contributed by atoms with Crippen molar-refractivity contribution < 1.29 is 9.90 Å². The van der Waals surface area contributed by atoms with Gasteiger partial charge < -0.3 is 5.11 Å². The van der Waals surface area contributed by atoms with Gasteiger partial charge in [0.15, 0.2) is 0 Å². The Balaban J connectivity index is 0.000000492. The van der Waals surface area contributed by atoms with Crippen molar-refractivity contribution in [2.45, 2.75) is 10.8 Å². The van der Waals surface area contributed by atoms with E-state index in [9.17, 15) is 0 Å². The fourth-order valence-corrected chi connectivity index (χ4v) is 2.09. The van der Waals surface area contributed by atoms with Gasteiger partial charge in [-0.2, -0.15) is 0 Å². The highest BCUT2D eigenvalue weighted by Gasteiger charge is 1.96. The van der Waals surface area contributed by atoms with Crippen molar-refractivity contribution in [3.05, 3.63) is 59.2 Å². The van der Waals surface area contributed by atoms with E-state index < -0.39 is 0 Å². The van der Waals surface area contributed by atoms with E-state index in [1.54, 1.807) is 18.0 Å². The maximum absolute atomic E-state index is 8.36. The zero-order valence-corrected chi connectivity index (χ0v) is 11.1. The number of nitrogens with zero attached hydrogens (tertiary/aromatic N) is 1. The summed E-state index contributed by atoms with van der Waals surface area (Å²) < 4.78 is 0. The topological polar surface area (TPSA) is 50.2 Å². The standard InChI is InChI=1S/C12H10ClNS.CH2O2/c13-11-6-7-12(14-8-11)15-9-10-4-2-1-3-5-10;2-1-3/h1-8H,9H2;1H,(H,2,3). The zero-order chi connectivity index (χ0) is 13.2. The Labute approximate surface area is 115 Å². The van der Waals surface area contributed by atoms with Gasteiger partial charge in [-0.1, -0.05) is 41.9 Å². The van der Waals surface area contributed by atoms with Gasteiger partial charge in [-0.15, -0.1) is 11.8 Å². The Kier molecular flexibility index (Phi) is 6.91. The van der Waals surface area contributed by atoms with E-state index in [-0.39, 0.29) is 6.47 Å². The molecule has 0 saturated carbocycles. The first-order valence-electron chi connectivity index (χ1n) is 5.12. The molecule has 0 radical (unpaired) electrons. The van der Waals surface area contributed by atoms with Crippen LogP contribution in [0.25, 0.3) is 0 Å². The lowest BCUT2D eigenvalue weighted by molar-refractivity contribution is -0.122. The number of carbonyl (C=O) groups is 1. The number of aromatic nitrogens is 1. The molecule has 0 spiro atoms. The first kappa shape index (κ1) is 14.5. The number of carboxylic acid groups (broad SMARTS) is 1. The molecule has 0 saturated heterocycles. The van der Waals surface area contributed by atoms with Crippen molar-refractivity contribution in [3.8, 4) is 0 Å². The van der Waals surface area contributed by atoms with E-state index in [2.05, 4.69) is 17.1 Å². The van der Waals surface area contributed by atoms with Gasteiger partial charge in [0.2, 0.25) is 0 Å². The van der Waals surface area contributed by atoms with Gasteiger partial charge in [-0.25, -0.2) is 4.98 Å². The second-order valence-electron chi connectivity index (χ2n) is 3.19. The monoisotopic (exact) mass is 281 g/mol. The molecule has 3 nitrogen and oxygen atoms in total. The smallest absolute Gasteiger partial charge is 0.290 e. The summed E-state index contributed by atoms with van der Waals surface area (Å²) in [5, 5.41) is 8.57. The van der Waals surface area contributed by atoms with E-state index in [4.69, 9.17) is 21.5 Å². The number of halogens is 1. The highest BCUT2D eigenvalue weighted by Crippen LogP contribution is 2.21. The van der Waals surface area contributed by atoms with Crippen LogP contribution in [0.4, 0.5) is 0 Å². The van der Waals surface area contributed by atoms with Crippen molar-refractivity contribution in [2.75, 3.05) is 0 Å². The minimum Gasteiger partial charge on any atom is -0.483 e. The molecule has 5 heteroatoms. The summed E-state index contributed by atoms with van der Waals surface area (Å²) in [5.74, 6) is 0.940. The summed E-state index contributed by atoms with van der Waals surface area (Å²) in [7, 11) is 0. The summed E-state index contributed by atoms with van der Waals surface area (Å²) in [6.45, 7) is -0.250. The fourth-order valence-electron chi connectivity index (χ4n) is 1.18. The van der Waals surface area contributed by atoms with Crippen LogP contribution in [0.15, 0.2) is 53.7 Å². The molecular weight excluding hydrogens is 270 g/mol. The molecule has 0 atom stereocenters. The minimum absolute atomic E-state index is 0.250. The molecule has 1 aromatic heterocycles. The van der Waals surface area contributed by atoms with Gasteiger partial charge in [0.1, 0.15) is 0 Å². The Morgan fingerprint density at radius 1 is 1.22 bits per heavy atom. The van der Waals surface area contributed by atoms with Gasteiger partial charge in [-0.05, 0) is 17.7 Å². The third kappa shape index (κ3) is 5.70. The molecule has 0 fully saturated rings. The lowest BCUT2D eigenvalue weighted by Gasteiger charge is -2.00. The maximum Gasteiger partial charge on any atom is 0.290 e. The van der Waals surface area contributed by atoms with Crippen LogP contribution >= 0.6 is 23.4 Å². The minimum atomic E-state index is -0.250. The second-order valence-corrected chi connectivity index (χ2v) is 4.63. The normalized spacial score (nSPS) is 9.17. The van der Waals surface area contributed by atoms with Crippen LogP contribution in [0, 0.1) is 0 Å². The number of rotatable bonds is 3. The number of hydrogen-bond donors (Lipinski definition) is 1. The number of benzene rings is 1. The molecule has 0 unspecified atom stereocenters. The Morgan fingerprint density at radius 2 is 1.89 bits per heavy atom. The predicted molar refractivity (Wildman–Crippen MR) is 73.9 cm³/mol. The molecule has 2 rings (SSSR count). The Bertz CT molecular complexity index is 462. The lowest BCUT2D eigenvalue weighted by Crippen LogP contribution is -1.82. The van der Waals surface area contributed by atoms with Crippen LogP contribution in [-0.2, 0) is 10.5 Å². The molecule has 94 valence electrons. The van der Waals surface area contributed by atoms with E-state index in [0.717, 1.165) is 10.8 Å². The molecule has 0 amide bonds. The first-order chi connectivity index (χ1) is 8.76. The van der Waals surface area contributed by atoms with Gasteiger partial charge in [0.05, 0.1) is 10.0 Å². The maximum atomic E-state index is 8.36. The molecule has 1 aromatic carbocycles. The van der Waals surface area contributed by atoms with Crippen molar-refractivity contribution in [3.63, 3.8) is 0 Å². The number of thioether (sulfide) groups is 1. The van der Waals surface area contributed by atoms with Gasteiger partial charge in [-0.3, -0.25) is 4.79 Å². The molecule has 1 N–H and O–H groups in total. The highest BCUT2D eigenvalue weighted by atomic mass is 35.5. The van der Waals surface area contributed by atoms with Gasteiger partial charge in [0.25, 0.3) is 6.47 Å². The summed E-state index contributed by atoms with van der Waals surface area (Å²) >= 11 is 7.47. The summed E-state index contributed by atoms with van der Waals surface area (Å²) in [4.78, 5) is 12.6. The average Bonchev–Trinajstić information content (AvgIpc) is 2.40. The van der Waals surface area contributed by atoms with Gasteiger partial charge >= 0.3 is 0 Å². The van der Waals surface area contributed by atoms with E-state index >= 15 is 0 Å². The Morgan fingerprint density at radius 3 is 2.44 bits per heavy atom. The van der Waals surface area contributed by atoms with Crippen LogP contribution in [0.2, 0.25) is 5.02 Å². The van der Waals surface area contributed by atoms with Crippen molar-refractivity contribution in [1.82, 2.24) is 4.98 Å². The number of pyridine rings is 1. The second kappa shape index (κ2) is 8.55. The van der Waals surface area contributed by atoms with Crippen molar-refractivity contribution in [1.29, 1.82) is 0 Å². The van der Waals surface area contributed by atoms with Crippen LogP contribution < -0.4 is 0 Å². The summed E-state index contributed by atoms with van der Waals surface area (Å²) in [6, 6.07) is 14.1. The predicted octanol–water partition coefficient (Wildman–Crippen LogP) is 3.73. The van der Waals surface area contributed by atoms with Crippen LogP contribution in [-0.4, -0.2) is 16.6 Å². The molecule has 1 heterocycles. The molecule has 2 aromatic rings. The fraction of sp³-hybridized carbons (Fsp3) is 0.0769. The van der Waals surface area contributed by atoms with Crippen molar-refractivity contribution >= 4 is 29.8 Å². The van der Waals surface area contributed by atoms with E-state index in [1.165, 1.54) is 5.56 Å². The molecule has 0 aliphatic heterocycles. The van der Waals surface area contributed by atoms with E-state index in [0.29, 0.717) is 5.02 Å². The molecule has 0 aliphatic rings. The summed E-state index contributed by atoms with van der Waals surface area (Å²) in [5.41, 5.74) is 1.30. The molecule has 18 heavy (non-hydrogen) atoms. The van der Waals surface area contributed by atoms with Gasteiger partial charge in [0, 0.05) is 11.9 Å². The SMILES string of the molecule is Clc1ccc(SCc2ccccc2)nc1.O=CO. The van der Waals surface area contributed by atoms with E-state index in [1.807, 2.05) is 30.3 Å². The summed E-state index contributed by atoms with van der Waals surface area (Å²) in [6.07, 6.45) is 1.68.